The molecule has 0 unspecified atom stereocenters. The molecule has 1 rings (SSSR count). The fourth-order valence-electron chi connectivity index (χ4n) is 2.79. The van der Waals surface area contributed by atoms with E-state index in [1.165, 1.54) is 80.7 Å². The number of ether oxygens (including phenoxy) is 1. The van der Waals surface area contributed by atoms with Gasteiger partial charge in [0.15, 0.2) is 0 Å². The topological polar surface area (TPSA) is 64.1 Å². The lowest BCUT2D eigenvalue weighted by atomic mass is 10.1. The third-order valence-electron chi connectivity index (χ3n) is 4.43. The summed E-state index contributed by atoms with van der Waals surface area (Å²) in [6, 6.07) is 0. The van der Waals surface area contributed by atoms with E-state index < -0.39 is 5.69 Å². The zero-order valence-corrected chi connectivity index (χ0v) is 17.4. The predicted octanol–water partition coefficient (Wildman–Crippen LogP) is 4.47. The second-order valence-corrected chi connectivity index (χ2v) is 8.10. The molecule has 6 heteroatoms. The highest BCUT2D eigenvalue weighted by molar-refractivity contribution is 7.99. The lowest BCUT2D eigenvalue weighted by Crippen LogP contribution is -2.31. The van der Waals surface area contributed by atoms with E-state index in [4.69, 9.17) is 4.74 Å². The predicted molar refractivity (Wildman–Crippen MR) is 111 cm³/mol. The first-order valence-corrected chi connectivity index (χ1v) is 11.3. The Morgan fingerprint density at radius 1 is 0.962 bits per heavy atom. The van der Waals surface area contributed by atoms with E-state index in [2.05, 4.69) is 11.9 Å². The summed E-state index contributed by atoms with van der Waals surface area (Å²) in [6.07, 6.45) is 15.2. The van der Waals surface area contributed by atoms with Gasteiger partial charge in [0.1, 0.15) is 6.73 Å². The van der Waals surface area contributed by atoms with Gasteiger partial charge in [-0.05, 0) is 19.1 Å². The number of aromatic amines is 1. The molecular formula is C20H36N2O3S. The molecule has 0 saturated heterocycles. The number of unbranched alkanes of at least 4 members (excludes halogenated alkanes) is 9. The second kappa shape index (κ2) is 15.1. The van der Waals surface area contributed by atoms with Crippen molar-refractivity contribution in [2.75, 3.05) is 18.1 Å². The van der Waals surface area contributed by atoms with Crippen molar-refractivity contribution >= 4 is 11.8 Å². The summed E-state index contributed by atoms with van der Waals surface area (Å²) >= 11 is 1.91. The van der Waals surface area contributed by atoms with Crippen molar-refractivity contribution in [1.29, 1.82) is 0 Å². The van der Waals surface area contributed by atoms with Gasteiger partial charge in [-0.25, -0.2) is 4.79 Å². The van der Waals surface area contributed by atoms with Gasteiger partial charge >= 0.3 is 5.69 Å². The number of aryl methyl sites for hydroxylation is 1. The van der Waals surface area contributed by atoms with Gasteiger partial charge in [-0.2, -0.15) is 11.8 Å². The Morgan fingerprint density at radius 2 is 1.58 bits per heavy atom. The van der Waals surface area contributed by atoms with E-state index in [1.54, 1.807) is 6.92 Å². The molecule has 0 aliphatic heterocycles. The summed E-state index contributed by atoms with van der Waals surface area (Å²) in [5, 5.41) is 0. The maximum Gasteiger partial charge on any atom is 0.330 e. The Morgan fingerprint density at radius 3 is 2.23 bits per heavy atom. The monoisotopic (exact) mass is 384 g/mol. The summed E-state index contributed by atoms with van der Waals surface area (Å²) < 4.78 is 6.91. The number of hydrogen-bond acceptors (Lipinski definition) is 4. The molecule has 26 heavy (non-hydrogen) atoms. The van der Waals surface area contributed by atoms with Gasteiger partial charge in [-0.3, -0.25) is 14.3 Å². The van der Waals surface area contributed by atoms with E-state index in [-0.39, 0.29) is 12.3 Å². The molecule has 0 amide bonds. The zero-order valence-electron chi connectivity index (χ0n) is 16.6. The molecule has 1 aromatic rings. The highest BCUT2D eigenvalue weighted by Gasteiger charge is 2.00. The highest BCUT2D eigenvalue weighted by Crippen LogP contribution is 2.12. The second-order valence-electron chi connectivity index (χ2n) is 6.87. The Labute approximate surface area is 161 Å². The summed E-state index contributed by atoms with van der Waals surface area (Å²) in [5.41, 5.74) is -0.236. The standard InChI is InChI=1S/C20H36N2O3S/c1-3-4-5-6-7-8-9-10-11-12-14-26-15-13-25-17-22-16-18(2)19(23)21-20(22)24/h16H,3-15,17H2,1-2H3,(H,21,23,24). The first kappa shape index (κ1) is 23.0. The molecule has 0 bridgehead atoms. The molecule has 1 aromatic heterocycles. The van der Waals surface area contributed by atoms with Crippen LogP contribution in [0.5, 0.6) is 0 Å². The van der Waals surface area contributed by atoms with E-state index in [0.717, 1.165) is 5.75 Å². The fraction of sp³-hybridized carbons (Fsp3) is 0.800. The van der Waals surface area contributed by atoms with Crippen LogP contribution in [-0.4, -0.2) is 27.7 Å². The van der Waals surface area contributed by atoms with Gasteiger partial charge in [0.05, 0.1) is 6.61 Å². The van der Waals surface area contributed by atoms with Crippen LogP contribution < -0.4 is 11.2 Å². The summed E-state index contributed by atoms with van der Waals surface area (Å²) in [5.74, 6) is 2.12. The van der Waals surface area contributed by atoms with E-state index in [9.17, 15) is 9.59 Å². The van der Waals surface area contributed by atoms with Gasteiger partial charge in [0, 0.05) is 17.5 Å². The summed E-state index contributed by atoms with van der Waals surface area (Å²) in [6.45, 7) is 4.75. The van der Waals surface area contributed by atoms with Crippen LogP contribution >= 0.6 is 11.8 Å². The Hall–Kier alpha value is -1.01. The van der Waals surface area contributed by atoms with E-state index in [0.29, 0.717) is 12.2 Å². The largest absolute Gasteiger partial charge is 0.360 e. The third kappa shape index (κ3) is 10.9. The molecule has 150 valence electrons. The minimum atomic E-state index is -0.418. The lowest BCUT2D eigenvalue weighted by molar-refractivity contribution is 0.0862. The van der Waals surface area contributed by atoms with Gasteiger partial charge in [0.25, 0.3) is 5.56 Å². The molecule has 0 radical (unpaired) electrons. The van der Waals surface area contributed by atoms with Crippen molar-refractivity contribution in [1.82, 2.24) is 9.55 Å². The van der Waals surface area contributed by atoms with Gasteiger partial charge in [0.2, 0.25) is 0 Å². The number of thioether (sulfide) groups is 1. The molecular weight excluding hydrogens is 348 g/mol. The smallest absolute Gasteiger partial charge is 0.330 e. The van der Waals surface area contributed by atoms with Crippen LogP contribution in [0.25, 0.3) is 0 Å². The van der Waals surface area contributed by atoms with Crippen LogP contribution in [0.15, 0.2) is 15.8 Å². The van der Waals surface area contributed by atoms with Crippen LogP contribution in [0.1, 0.15) is 76.7 Å². The van der Waals surface area contributed by atoms with Gasteiger partial charge in [-0.15, -0.1) is 0 Å². The Kier molecular flexibility index (Phi) is 13.4. The number of hydrogen-bond donors (Lipinski definition) is 1. The lowest BCUT2D eigenvalue weighted by Gasteiger charge is -2.07. The number of H-pyrrole nitrogens is 1. The zero-order chi connectivity index (χ0) is 19.0. The van der Waals surface area contributed by atoms with Crippen LogP contribution in [-0.2, 0) is 11.5 Å². The maximum atomic E-state index is 11.6. The Bertz CT molecular complexity index is 583. The minimum Gasteiger partial charge on any atom is -0.360 e. The highest BCUT2D eigenvalue weighted by atomic mass is 32.2. The molecule has 5 nitrogen and oxygen atoms in total. The number of rotatable bonds is 16. The van der Waals surface area contributed by atoms with Crippen molar-refractivity contribution in [3.8, 4) is 0 Å². The van der Waals surface area contributed by atoms with E-state index >= 15 is 0 Å². The minimum absolute atomic E-state index is 0.190. The molecule has 0 aliphatic carbocycles. The molecule has 0 spiro atoms. The van der Waals surface area contributed by atoms with Crippen molar-refractivity contribution < 1.29 is 4.74 Å². The van der Waals surface area contributed by atoms with Crippen molar-refractivity contribution in [2.24, 2.45) is 0 Å². The Balaban J connectivity index is 1.89. The van der Waals surface area contributed by atoms with Crippen molar-refractivity contribution in [3.05, 3.63) is 32.6 Å². The van der Waals surface area contributed by atoms with E-state index in [1.807, 2.05) is 11.8 Å². The van der Waals surface area contributed by atoms with Crippen LogP contribution in [0, 0.1) is 6.92 Å². The fourth-order valence-corrected chi connectivity index (χ4v) is 3.64. The SMILES string of the molecule is CCCCCCCCCCCCSCCOCn1cc(C)c(=O)[nH]c1=O. The average Bonchev–Trinajstić information content (AvgIpc) is 2.62. The molecule has 0 aromatic carbocycles. The van der Waals surface area contributed by atoms with Gasteiger partial charge in [-0.1, -0.05) is 64.7 Å². The number of nitrogens with zero attached hydrogens (tertiary/aromatic N) is 1. The van der Waals surface area contributed by atoms with Crippen LogP contribution in [0.4, 0.5) is 0 Å². The number of aromatic nitrogens is 2. The molecule has 0 saturated carbocycles. The molecule has 0 aliphatic rings. The van der Waals surface area contributed by atoms with Gasteiger partial charge < -0.3 is 4.74 Å². The van der Waals surface area contributed by atoms with Crippen LogP contribution in [0.3, 0.4) is 0 Å². The first-order valence-electron chi connectivity index (χ1n) is 10.1. The number of nitrogens with one attached hydrogen (secondary N) is 1. The third-order valence-corrected chi connectivity index (χ3v) is 5.47. The summed E-state index contributed by atoms with van der Waals surface area (Å²) in [4.78, 5) is 25.2. The molecule has 0 fully saturated rings. The first-order chi connectivity index (χ1) is 12.6. The quantitative estimate of drug-likeness (QED) is 0.427. The van der Waals surface area contributed by atoms with Crippen molar-refractivity contribution in [3.63, 3.8) is 0 Å². The molecule has 1 N–H and O–H groups in total. The normalized spacial score (nSPS) is 11.2. The summed E-state index contributed by atoms with van der Waals surface area (Å²) in [7, 11) is 0. The average molecular weight is 385 g/mol. The van der Waals surface area contributed by atoms with Crippen molar-refractivity contribution in [2.45, 2.75) is 84.8 Å². The molecule has 0 atom stereocenters. The maximum absolute atomic E-state index is 11.6. The molecule has 1 heterocycles. The van der Waals surface area contributed by atoms with Crippen LogP contribution in [0.2, 0.25) is 0 Å².